The van der Waals surface area contributed by atoms with Crippen LogP contribution in [0.5, 0.6) is 0 Å². The molecular weight excluding hydrogens is 591 g/mol. The van der Waals surface area contributed by atoms with Gasteiger partial charge in [0.2, 0.25) is 0 Å². The minimum Gasteiger partial charge on any atom is -0.466 e. The zero-order chi connectivity index (χ0) is 24.8. The highest BCUT2D eigenvalue weighted by Crippen LogP contribution is 2.34. The molecule has 2 rings (SSSR count). The van der Waals surface area contributed by atoms with Gasteiger partial charge in [0, 0.05) is 21.9 Å². The van der Waals surface area contributed by atoms with Gasteiger partial charge in [0.05, 0.1) is 47.2 Å². The lowest BCUT2D eigenvalue weighted by Crippen LogP contribution is -1.95. The number of nitrogens with zero attached hydrogens (tertiary/aromatic N) is 3. The van der Waals surface area contributed by atoms with Crippen LogP contribution >= 0.6 is 55.1 Å². The predicted molar refractivity (Wildman–Crippen MR) is 130 cm³/mol. The lowest BCUT2D eigenvalue weighted by molar-refractivity contribution is -0.384. The molecule has 2 aromatic carbocycles. The summed E-state index contributed by atoms with van der Waals surface area (Å²) in [6.45, 7) is 3.65. The van der Waals surface area contributed by atoms with E-state index in [0.29, 0.717) is 38.2 Å². The van der Waals surface area contributed by atoms with E-state index in [1.54, 1.807) is 19.1 Å². The van der Waals surface area contributed by atoms with E-state index in [1.807, 2.05) is 12.1 Å². The Labute approximate surface area is 212 Å². The molecule has 0 aliphatic heterocycles. The van der Waals surface area contributed by atoms with Crippen molar-refractivity contribution < 1.29 is 14.5 Å². The first kappa shape index (κ1) is 29.6. The van der Waals surface area contributed by atoms with Gasteiger partial charge >= 0.3 is 5.97 Å². The molecule has 0 spiro atoms. The summed E-state index contributed by atoms with van der Waals surface area (Å²) in [5.74, 6) is -0.211. The summed E-state index contributed by atoms with van der Waals surface area (Å²) in [5.41, 5.74) is 7.39. The van der Waals surface area contributed by atoms with E-state index >= 15 is 0 Å². The number of nitro groups is 1. The molecule has 0 atom stereocenters. The zero-order valence-electron chi connectivity index (χ0n) is 17.0. The van der Waals surface area contributed by atoms with Gasteiger partial charge in [-0.3, -0.25) is 14.9 Å². The van der Waals surface area contributed by atoms with Crippen LogP contribution in [0.3, 0.4) is 0 Å². The van der Waals surface area contributed by atoms with Gasteiger partial charge in [-0.25, -0.2) is 0 Å². The van der Waals surface area contributed by atoms with Crippen LogP contribution in [0.4, 0.5) is 11.4 Å². The van der Waals surface area contributed by atoms with Gasteiger partial charge in [-0.2, -0.15) is 10.5 Å². The first-order valence-electron chi connectivity index (χ1n) is 8.72. The van der Waals surface area contributed by atoms with E-state index < -0.39 is 4.92 Å². The van der Waals surface area contributed by atoms with Crippen molar-refractivity contribution in [3.05, 3.63) is 64.5 Å². The van der Waals surface area contributed by atoms with E-state index in [0.717, 1.165) is 5.56 Å². The van der Waals surface area contributed by atoms with Crippen molar-refractivity contribution in [3.63, 3.8) is 0 Å². The Kier molecular flexibility index (Phi) is 14.3. The second kappa shape index (κ2) is 15.4. The molecule has 170 valence electrons. The summed E-state index contributed by atoms with van der Waals surface area (Å²) in [5, 5.41) is 27.9. The van der Waals surface area contributed by atoms with Gasteiger partial charge in [-0.1, -0.05) is 29.3 Å². The van der Waals surface area contributed by atoms with Crippen molar-refractivity contribution >= 4 is 72.4 Å². The fourth-order valence-electron chi connectivity index (χ4n) is 1.97. The van der Waals surface area contributed by atoms with Crippen LogP contribution in [0.1, 0.15) is 25.0 Å². The molecule has 0 saturated carbocycles. The summed E-state index contributed by atoms with van der Waals surface area (Å²) in [6.07, 6.45) is 0.499. The molecular formula is C20H18Br2Cl2N4O4. The number of nitrogens with two attached hydrogens (primary N) is 1. The van der Waals surface area contributed by atoms with Crippen LogP contribution in [0.25, 0.3) is 0 Å². The number of carbonyl (C=O) groups is 1. The molecule has 0 unspecified atom stereocenters. The van der Waals surface area contributed by atoms with Crippen molar-refractivity contribution in [3.8, 4) is 12.1 Å². The number of nitrogen functional groups attached to an aromatic ring is 1. The third-order valence-electron chi connectivity index (χ3n) is 3.42. The van der Waals surface area contributed by atoms with Gasteiger partial charge in [0.15, 0.2) is 0 Å². The molecule has 0 amide bonds. The normalized spacial score (nSPS) is 9.12. The molecule has 12 heteroatoms. The van der Waals surface area contributed by atoms with Crippen LogP contribution in [-0.4, -0.2) is 17.5 Å². The first-order chi connectivity index (χ1) is 15.0. The highest BCUT2D eigenvalue weighted by atomic mass is 79.9. The first-order valence-corrected chi connectivity index (χ1v) is 11.1. The van der Waals surface area contributed by atoms with Crippen LogP contribution in [-0.2, 0) is 22.4 Å². The Balaban J connectivity index is 0.000000487. The molecule has 0 saturated heterocycles. The van der Waals surface area contributed by atoms with Crippen molar-refractivity contribution in [2.24, 2.45) is 0 Å². The molecule has 0 fully saturated rings. The van der Waals surface area contributed by atoms with Crippen LogP contribution in [0, 0.1) is 32.8 Å². The Morgan fingerprint density at radius 3 is 1.94 bits per heavy atom. The van der Waals surface area contributed by atoms with Gasteiger partial charge in [-0.05, 0) is 62.0 Å². The van der Waals surface area contributed by atoms with E-state index in [4.69, 9.17) is 39.5 Å². The SMILES string of the molecule is CCOC(C)=O.N#CCc1ccc(N)c(Cl)c1Br.N#CCc1ccc([N+](=O)[O-])c(Cl)c1Br. The largest absolute Gasteiger partial charge is 0.466 e. The quantitative estimate of drug-likeness (QED) is 0.183. The van der Waals surface area contributed by atoms with Crippen LogP contribution < -0.4 is 5.73 Å². The molecule has 2 N–H and O–H groups in total. The molecule has 8 nitrogen and oxygen atoms in total. The topological polar surface area (TPSA) is 143 Å². The molecule has 0 heterocycles. The third-order valence-corrected chi connectivity index (χ3v) is 6.48. The number of hydrogen-bond donors (Lipinski definition) is 1. The van der Waals surface area contributed by atoms with E-state index in [9.17, 15) is 14.9 Å². The van der Waals surface area contributed by atoms with Gasteiger partial charge < -0.3 is 10.5 Å². The Bertz CT molecular complexity index is 1050. The van der Waals surface area contributed by atoms with Gasteiger partial charge in [-0.15, -0.1) is 0 Å². The summed E-state index contributed by atoms with van der Waals surface area (Å²) in [7, 11) is 0. The average Bonchev–Trinajstić information content (AvgIpc) is 2.73. The second-order valence-electron chi connectivity index (χ2n) is 5.67. The van der Waals surface area contributed by atoms with Crippen molar-refractivity contribution in [1.29, 1.82) is 10.5 Å². The number of ether oxygens (including phenoxy) is 1. The third kappa shape index (κ3) is 9.84. The maximum Gasteiger partial charge on any atom is 0.302 e. The number of nitriles is 2. The molecule has 0 bridgehead atoms. The van der Waals surface area contributed by atoms with Crippen molar-refractivity contribution in [2.45, 2.75) is 26.7 Å². The molecule has 0 radical (unpaired) electrons. The van der Waals surface area contributed by atoms with Crippen LogP contribution in [0.2, 0.25) is 10.0 Å². The van der Waals surface area contributed by atoms with Crippen molar-refractivity contribution in [2.75, 3.05) is 12.3 Å². The number of esters is 1. The zero-order valence-corrected chi connectivity index (χ0v) is 21.7. The smallest absolute Gasteiger partial charge is 0.302 e. The lowest BCUT2D eigenvalue weighted by atomic mass is 10.1. The lowest BCUT2D eigenvalue weighted by Gasteiger charge is -2.04. The molecule has 0 aromatic heterocycles. The minimum atomic E-state index is -0.566. The predicted octanol–water partition coefficient (Wildman–Crippen LogP) is 6.40. The maximum absolute atomic E-state index is 10.5. The molecule has 0 aliphatic carbocycles. The standard InChI is InChI=1S/C8H4BrClN2O2.C8H6BrClN2.C4H8O2/c9-7-5(3-4-11)1-2-6(8(7)10)12(13)14;9-7-5(3-4-11)1-2-6(12)8(7)10;1-3-6-4(2)5/h1-2H,3H2;1-2H,3,12H2;3H2,1-2H3. The highest BCUT2D eigenvalue weighted by molar-refractivity contribution is 9.11. The molecule has 32 heavy (non-hydrogen) atoms. The summed E-state index contributed by atoms with van der Waals surface area (Å²) in [4.78, 5) is 19.7. The van der Waals surface area contributed by atoms with E-state index in [-0.39, 0.29) is 23.1 Å². The Morgan fingerprint density at radius 1 is 1.09 bits per heavy atom. The molecule has 2 aromatic rings. The Morgan fingerprint density at radius 2 is 1.56 bits per heavy atom. The average molecular weight is 609 g/mol. The van der Waals surface area contributed by atoms with E-state index in [1.165, 1.54) is 19.1 Å². The maximum atomic E-state index is 10.5. The minimum absolute atomic E-state index is 0.0303. The second-order valence-corrected chi connectivity index (χ2v) is 8.01. The van der Waals surface area contributed by atoms with E-state index in [2.05, 4.69) is 36.6 Å². The summed E-state index contributed by atoms with van der Waals surface area (Å²) < 4.78 is 5.53. The summed E-state index contributed by atoms with van der Waals surface area (Å²) >= 11 is 18.0. The number of carbonyl (C=O) groups excluding carboxylic acids is 1. The number of nitro benzene ring substituents is 1. The number of hydrogen-bond acceptors (Lipinski definition) is 7. The number of anilines is 1. The fraction of sp³-hybridized carbons (Fsp3) is 0.250. The monoisotopic (exact) mass is 606 g/mol. The number of rotatable bonds is 4. The number of halogens is 4. The highest BCUT2D eigenvalue weighted by Gasteiger charge is 2.17. The molecule has 0 aliphatic rings. The van der Waals surface area contributed by atoms with Crippen LogP contribution in [0.15, 0.2) is 33.2 Å². The van der Waals surface area contributed by atoms with Gasteiger partial charge in [0.25, 0.3) is 5.69 Å². The van der Waals surface area contributed by atoms with Gasteiger partial charge in [0.1, 0.15) is 5.02 Å². The Hall–Kier alpha value is -2.37. The fourth-order valence-corrected chi connectivity index (χ4v) is 3.39. The van der Waals surface area contributed by atoms with Crippen molar-refractivity contribution in [1.82, 2.24) is 0 Å². The summed E-state index contributed by atoms with van der Waals surface area (Å²) in [6, 6.07) is 10.3. The number of benzene rings is 2.